The molecular formula is C18H11F3O3S. The molecule has 1 heterocycles. The maximum absolute atomic E-state index is 12.4. The van der Waals surface area contributed by atoms with Gasteiger partial charge >= 0.3 is 12.3 Å². The van der Waals surface area contributed by atoms with E-state index in [0.717, 1.165) is 0 Å². The smallest absolute Gasteiger partial charge is 0.478 e. The lowest BCUT2D eigenvalue weighted by Crippen LogP contribution is -2.17. The largest absolute Gasteiger partial charge is 0.573 e. The molecule has 3 aromatic rings. The molecule has 7 heteroatoms. The Labute approximate surface area is 144 Å². The normalized spacial score (nSPS) is 11.3. The molecule has 1 aromatic heterocycles. The van der Waals surface area contributed by atoms with Crippen LogP contribution in [0.4, 0.5) is 13.2 Å². The summed E-state index contributed by atoms with van der Waals surface area (Å²) in [6, 6.07) is 13.9. The number of alkyl halides is 3. The van der Waals surface area contributed by atoms with Gasteiger partial charge in [0.1, 0.15) is 5.75 Å². The highest BCUT2D eigenvalue weighted by molar-refractivity contribution is 7.14. The topological polar surface area (TPSA) is 46.5 Å². The number of rotatable bonds is 4. The monoisotopic (exact) mass is 364 g/mol. The Morgan fingerprint density at radius 2 is 1.76 bits per heavy atom. The van der Waals surface area contributed by atoms with Gasteiger partial charge in [-0.1, -0.05) is 30.3 Å². The van der Waals surface area contributed by atoms with Crippen LogP contribution in [0.15, 0.2) is 60.0 Å². The van der Waals surface area contributed by atoms with Crippen LogP contribution in [0.1, 0.15) is 10.4 Å². The van der Waals surface area contributed by atoms with Crippen LogP contribution in [-0.2, 0) is 0 Å². The minimum Gasteiger partial charge on any atom is -0.478 e. The van der Waals surface area contributed by atoms with Crippen molar-refractivity contribution in [3.05, 3.63) is 65.5 Å². The molecule has 128 valence electrons. The number of hydrogen-bond donors (Lipinski definition) is 1. The molecule has 0 bridgehead atoms. The van der Waals surface area contributed by atoms with Gasteiger partial charge in [-0.25, -0.2) is 4.79 Å². The Bertz CT molecular complexity index is 916. The molecule has 0 aliphatic rings. The zero-order chi connectivity index (χ0) is 18.0. The summed E-state index contributed by atoms with van der Waals surface area (Å²) in [6.07, 6.45) is -4.77. The molecule has 0 aliphatic carbocycles. The number of thiophene rings is 1. The maximum Gasteiger partial charge on any atom is 0.573 e. The SMILES string of the molecule is O=C(O)c1ccccc1-c1sccc1-c1cccc(OC(F)(F)F)c1. The molecule has 0 saturated heterocycles. The fourth-order valence-corrected chi connectivity index (χ4v) is 3.43. The van der Waals surface area contributed by atoms with Gasteiger partial charge in [0.05, 0.1) is 5.56 Å². The second-order valence-corrected chi connectivity index (χ2v) is 6.01. The first-order chi connectivity index (χ1) is 11.8. The van der Waals surface area contributed by atoms with Crippen LogP contribution in [0, 0.1) is 0 Å². The second-order valence-electron chi connectivity index (χ2n) is 5.09. The number of carboxylic acids is 1. The van der Waals surface area contributed by atoms with Crippen molar-refractivity contribution in [2.75, 3.05) is 0 Å². The summed E-state index contributed by atoms with van der Waals surface area (Å²) in [5.74, 6) is -1.39. The average molecular weight is 364 g/mol. The van der Waals surface area contributed by atoms with Gasteiger partial charge in [0.15, 0.2) is 0 Å². The third-order valence-corrected chi connectivity index (χ3v) is 4.39. The van der Waals surface area contributed by atoms with Crippen molar-refractivity contribution in [1.29, 1.82) is 0 Å². The molecule has 1 N–H and O–H groups in total. The van der Waals surface area contributed by atoms with Crippen molar-refractivity contribution in [2.24, 2.45) is 0 Å². The van der Waals surface area contributed by atoms with Crippen molar-refractivity contribution in [1.82, 2.24) is 0 Å². The van der Waals surface area contributed by atoms with E-state index in [-0.39, 0.29) is 11.3 Å². The van der Waals surface area contributed by atoms with Crippen molar-refractivity contribution in [3.8, 4) is 27.3 Å². The van der Waals surface area contributed by atoms with E-state index in [4.69, 9.17) is 0 Å². The minimum absolute atomic E-state index is 0.133. The van der Waals surface area contributed by atoms with E-state index >= 15 is 0 Å². The summed E-state index contributed by atoms with van der Waals surface area (Å²) < 4.78 is 41.2. The van der Waals surface area contributed by atoms with Crippen molar-refractivity contribution in [3.63, 3.8) is 0 Å². The molecule has 3 rings (SSSR count). The molecule has 2 aromatic carbocycles. The zero-order valence-corrected chi connectivity index (χ0v) is 13.4. The van der Waals surface area contributed by atoms with Gasteiger partial charge < -0.3 is 9.84 Å². The molecule has 3 nitrogen and oxygen atoms in total. The van der Waals surface area contributed by atoms with Crippen molar-refractivity contribution in [2.45, 2.75) is 6.36 Å². The Kier molecular flexibility index (Phi) is 4.50. The van der Waals surface area contributed by atoms with Crippen LogP contribution in [-0.4, -0.2) is 17.4 Å². The van der Waals surface area contributed by atoms with Crippen LogP contribution in [0.25, 0.3) is 21.6 Å². The summed E-state index contributed by atoms with van der Waals surface area (Å²) in [5, 5.41) is 11.1. The Balaban J connectivity index is 2.07. The average Bonchev–Trinajstić information content (AvgIpc) is 3.03. The summed E-state index contributed by atoms with van der Waals surface area (Å²) in [7, 11) is 0. The van der Waals surface area contributed by atoms with Gasteiger partial charge in [0.2, 0.25) is 0 Å². The lowest BCUT2D eigenvalue weighted by Gasteiger charge is -2.11. The molecule has 0 amide bonds. The number of halogens is 3. The van der Waals surface area contributed by atoms with E-state index in [2.05, 4.69) is 4.74 Å². The third-order valence-electron chi connectivity index (χ3n) is 3.45. The lowest BCUT2D eigenvalue weighted by atomic mass is 9.99. The van der Waals surface area contributed by atoms with Gasteiger partial charge in [0, 0.05) is 16.0 Å². The van der Waals surface area contributed by atoms with Gasteiger partial charge in [-0.15, -0.1) is 24.5 Å². The summed E-state index contributed by atoms with van der Waals surface area (Å²) in [5.41, 5.74) is 1.81. The molecule has 0 spiro atoms. The number of ether oxygens (including phenoxy) is 1. The van der Waals surface area contributed by atoms with Gasteiger partial charge in [0.25, 0.3) is 0 Å². The summed E-state index contributed by atoms with van der Waals surface area (Å²) in [4.78, 5) is 12.1. The molecule has 0 saturated carbocycles. The number of aromatic carboxylic acids is 1. The van der Waals surface area contributed by atoms with Crippen LogP contribution < -0.4 is 4.74 Å². The minimum atomic E-state index is -4.77. The van der Waals surface area contributed by atoms with Gasteiger partial charge in [-0.3, -0.25) is 0 Å². The Morgan fingerprint density at radius 1 is 1.00 bits per heavy atom. The number of carboxylic acid groups (broad SMARTS) is 1. The van der Waals surface area contributed by atoms with Gasteiger partial charge in [-0.2, -0.15) is 0 Å². The first-order valence-electron chi connectivity index (χ1n) is 7.11. The quantitative estimate of drug-likeness (QED) is 0.648. The fourth-order valence-electron chi connectivity index (χ4n) is 2.47. The number of carbonyl (C=O) groups is 1. The highest BCUT2D eigenvalue weighted by atomic mass is 32.1. The van der Waals surface area contributed by atoms with Crippen molar-refractivity contribution >= 4 is 17.3 Å². The maximum atomic E-state index is 12.4. The van der Waals surface area contributed by atoms with E-state index in [0.29, 0.717) is 21.6 Å². The molecule has 0 unspecified atom stereocenters. The third kappa shape index (κ3) is 3.83. The first kappa shape index (κ1) is 17.0. The van der Waals surface area contributed by atoms with E-state index in [9.17, 15) is 23.1 Å². The zero-order valence-electron chi connectivity index (χ0n) is 12.6. The van der Waals surface area contributed by atoms with Crippen LogP contribution in [0.3, 0.4) is 0 Å². The molecule has 0 fully saturated rings. The van der Waals surface area contributed by atoms with Gasteiger partial charge in [-0.05, 0) is 35.2 Å². The first-order valence-corrected chi connectivity index (χ1v) is 7.99. The van der Waals surface area contributed by atoms with Crippen molar-refractivity contribution < 1.29 is 27.8 Å². The summed E-state index contributed by atoms with van der Waals surface area (Å²) >= 11 is 1.32. The lowest BCUT2D eigenvalue weighted by molar-refractivity contribution is -0.274. The summed E-state index contributed by atoms with van der Waals surface area (Å²) in [6.45, 7) is 0. The van der Waals surface area contributed by atoms with E-state index < -0.39 is 12.3 Å². The van der Waals surface area contributed by atoms with E-state index in [1.807, 2.05) is 0 Å². The Morgan fingerprint density at radius 3 is 2.48 bits per heavy atom. The van der Waals surface area contributed by atoms with Crippen LogP contribution in [0.5, 0.6) is 5.75 Å². The standard InChI is InChI=1S/C18H11F3O3S/c19-18(20,21)24-12-5-3-4-11(10-12)13-8-9-25-16(13)14-6-1-2-7-15(14)17(22)23/h1-10H,(H,22,23). The fraction of sp³-hybridized carbons (Fsp3) is 0.0556. The Hall–Kier alpha value is -2.80. The second kappa shape index (κ2) is 6.60. The number of hydrogen-bond acceptors (Lipinski definition) is 3. The van der Waals surface area contributed by atoms with Crippen LogP contribution in [0.2, 0.25) is 0 Å². The number of benzene rings is 2. The highest BCUT2D eigenvalue weighted by Crippen LogP contribution is 2.39. The predicted molar refractivity (Wildman–Crippen MR) is 88.8 cm³/mol. The molecule has 0 radical (unpaired) electrons. The highest BCUT2D eigenvalue weighted by Gasteiger charge is 2.31. The molecular weight excluding hydrogens is 353 g/mol. The predicted octanol–water partition coefficient (Wildman–Crippen LogP) is 5.68. The molecule has 25 heavy (non-hydrogen) atoms. The molecule has 0 aliphatic heterocycles. The van der Waals surface area contributed by atoms with E-state index in [1.165, 1.54) is 35.6 Å². The van der Waals surface area contributed by atoms with E-state index in [1.54, 1.807) is 35.7 Å². The van der Waals surface area contributed by atoms with Crippen LogP contribution >= 0.6 is 11.3 Å². The molecule has 0 atom stereocenters.